The summed E-state index contributed by atoms with van der Waals surface area (Å²) in [6.45, 7) is -1.75. The molecule has 44 valence electrons. The lowest BCUT2D eigenvalue weighted by Gasteiger charge is -1.42. The quantitative estimate of drug-likeness (QED) is 0.473. The Bertz CT molecular complexity index is 44.2. The Morgan fingerprint density at radius 2 is 1.43 bits per heavy atom. The summed E-state index contributed by atoms with van der Waals surface area (Å²) in [4.78, 5) is 14.2. The molecule has 0 spiro atoms. The number of alkyl halides is 2. The van der Waals surface area contributed by atoms with Gasteiger partial charge in [0, 0.05) is 4.57 Å². The molecule has 0 aromatic carbocycles. The summed E-state index contributed by atoms with van der Waals surface area (Å²) >= 11 is 0. The SMILES string of the molecule is FCF.O=[P+](O)O. The summed E-state index contributed by atoms with van der Waals surface area (Å²) in [6.07, 6.45) is 0. The van der Waals surface area contributed by atoms with Crippen molar-refractivity contribution in [2.45, 2.75) is 0 Å². The smallest absolute Gasteiger partial charge is 0.214 e. The van der Waals surface area contributed by atoms with E-state index in [1.165, 1.54) is 0 Å². The van der Waals surface area contributed by atoms with Gasteiger partial charge in [0.25, 0.3) is 0 Å². The third kappa shape index (κ3) is 6150. The predicted molar refractivity (Wildman–Crippen MR) is 19.1 cm³/mol. The van der Waals surface area contributed by atoms with Crippen LogP contribution in [0.5, 0.6) is 0 Å². The lowest BCUT2D eigenvalue weighted by atomic mass is 11.7. The van der Waals surface area contributed by atoms with Gasteiger partial charge in [0.2, 0.25) is 6.93 Å². The van der Waals surface area contributed by atoms with E-state index in [2.05, 4.69) is 0 Å². The highest BCUT2D eigenvalue weighted by Crippen LogP contribution is 1.98. The minimum absolute atomic E-state index is 1.75. The average Bonchev–Trinajstić information content (AvgIpc) is 1.33. The zero-order chi connectivity index (χ0) is 6.28. The lowest BCUT2D eigenvalue weighted by Crippen LogP contribution is -1.38. The van der Waals surface area contributed by atoms with Crippen LogP contribution in [-0.2, 0) is 4.57 Å². The second kappa shape index (κ2) is 9.30. The van der Waals surface area contributed by atoms with Gasteiger partial charge in [-0.15, -0.1) is 9.79 Å². The number of halogens is 2. The molecule has 0 bridgehead atoms. The fraction of sp³-hybridized carbons (Fsp3) is 1.00. The van der Waals surface area contributed by atoms with E-state index in [9.17, 15) is 8.78 Å². The topological polar surface area (TPSA) is 57.5 Å². The Morgan fingerprint density at radius 3 is 1.43 bits per heavy atom. The molecule has 0 radical (unpaired) electrons. The molecule has 0 atom stereocenters. The maximum Gasteiger partial charge on any atom is 0.692 e. The fourth-order valence-corrected chi connectivity index (χ4v) is 0. The molecule has 0 aliphatic carbocycles. The van der Waals surface area contributed by atoms with Crippen LogP contribution in [0.15, 0.2) is 0 Å². The van der Waals surface area contributed by atoms with Crippen molar-refractivity contribution in [1.29, 1.82) is 0 Å². The van der Waals surface area contributed by atoms with Gasteiger partial charge in [-0.3, -0.25) is 0 Å². The minimum Gasteiger partial charge on any atom is -0.214 e. The van der Waals surface area contributed by atoms with Crippen LogP contribution in [-0.4, -0.2) is 16.7 Å². The normalized spacial score (nSPS) is 6.29. The first kappa shape index (κ1) is 9.99. The maximum absolute atomic E-state index is 9.62. The molecule has 3 nitrogen and oxygen atoms in total. The summed E-state index contributed by atoms with van der Waals surface area (Å²) in [6, 6.07) is 0. The predicted octanol–water partition coefficient (Wildman–Crippen LogP) is 0.511. The van der Waals surface area contributed by atoms with E-state index >= 15 is 0 Å². The Kier molecular flexibility index (Phi) is 13.3. The van der Waals surface area contributed by atoms with Crippen molar-refractivity contribution in [2.24, 2.45) is 0 Å². The van der Waals surface area contributed by atoms with Crippen LogP contribution in [0, 0.1) is 0 Å². The third-order valence-electron chi connectivity index (χ3n) is 0. The highest BCUT2D eigenvalue weighted by Gasteiger charge is 1.93. The van der Waals surface area contributed by atoms with Crippen LogP contribution in [0.2, 0.25) is 0 Å². The van der Waals surface area contributed by atoms with Crippen molar-refractivity contribution in [2.75, 3.05) is 6.93 Å². The van der Waals surface area contributed by atoms with Gasteiger partial charge < -0.3 is 0 Å². The molecule has 0 aliphatic heterocycles. The molecule has 0 aromatic heterocycles. The second-order valence-electron chi connectivity index (χ2n) is 0.354. The summed E-state index contributed by atoms with van der Waals surface area (Å²) in [7, 11) is -2.87. The monoisotopic (exact) mass is 133 g/mol. The third-order valence-corrected chi connectivity index (χ3v) is 0. The Labute approximate surface area is 39.5 Å². The first-order chi connectivity index (χ1) is 3.15. The van der Waals surface area contributed by atoms with E-state index in [0.29, 0.717) is 0 Å². The largest absolute Gasteiger partial charge is 0.692 e. The summed E-state index contributed by atoms with van der Waals surface area (Å²) < 4.78 is 28.0. The summed E-state index contributed by atoms with van der Waals surface area (Å²) in [5, 5.41) is 0. The standard InChI is InChI=1S/CH2F2.HO3P/c2-1-3;1-4(2)3/h1H2;(H-,1,2,3)/p+1. The van der Waals surface area contributed by atoms with Gasteiger partial charge in [0.05, 0.1) is 0 Å². The van der Waals surface area contributed by atoms with E-state index in [1.807, 2.05) is 0 Å². The second-order valence-corrected chi connectivity index (χ2v) is 0.859. The first-order valence-corrected chi connectivity index (χ1v) is 2.28. The number of hydrogen-bond acceptors (Lipinski definition) is 1. The zero-order valence-corrected chi connectivity index (χ0v) is 4.11. The molecule has 0 heterocycles. The Balaban J connectivity index is 0. The molecule has 7 heavy (non-hydrogen) atoms. The van der Waals surface area contributed by atoms with Crippen LogP contribution in [0.4, 0.5) is 8.78 Å². The van der Waals surface area contributed by atoms with Gasteiger partial charge in [-0.1, -0.05) is 0 Å². The van der Waals surface area contributed by atoms with Crippen molar-refractivity contribution >= 4 is 8.25 Å². The molecule has 0 saturated carbocycles. The fourth-order valence-electron chi connectivity index (χ4n) is 0. The van der Waals surface area contributed by atoms with E-state index in [-0.39, 0.29) is 0 Å². The van der Waals surface area contributed by atoms with Gasteiger partial charge in [0.1, 0.15) is 0 Å². The number of hydrogen-bond donors (Lipinski definition) is 2. The molecular formula is CH4F2O3P+. The molecular weight excluding hydrogens is 129 g/mol. The van der Waals surface area contributed by atoms with Crippen LogP contribution < -0.4 is 0 Å². The molecule has 0 aromatic rings. The minimum atomic E-state index is -2.87. The molecule has 0 saturated heterocycles. The Morgan fingerprint density at radius 1 is 1.43 bits per heavy atom. The van der Waals surface area contributed by atoms with Gasteiger partial charge >= 0.3 is 8.25 Å². The average molecular weight is 133 g/mol. The van der Waals surface area contributed by atoms with Crippen molar-refractivity contribution in [3.05, 3.63) is 0 Å². The van der Waals surface area contributed by atoms with Crippen molar-refractivity contribution in [1.82, 2.24) is 0 Å². The van der Waals surface area contributed by atoms with Crippen molar-refractivity contribution < 1.29 is 23.1 Å². The Hall–Kier alpha value is -0.120. The van der Waals surface area contributed by atoms with Gasteiger partial charge in [-0.05, 0) is 0 Å². The van der Waals surface area contributed by atoms with Crippen LogP contribution in [0.1, 0.15) is 0 Å². The summed E-state index contributed by atoms with van der Waals surface area (Å²) in [5.74, 6) is 0. The molecule has 0 unspecified atom stereocenters. The molecule has 0 rings (SSSR count). The zero-order valence-electron chi connectivity index (χ0n) is 3.21. The first-order valence-electron chi connectivity index (χ1n) is 1.12. The summed E-state index contributed by atoms with van der Waals surface area (Å²) in [5.41, 5.74) is 0. The highest BCUT2D eigenvalue weighted by molar-refractivity contribution is 7.30. The van der Waals surface area contributed by atoms with E-state index in [0.717, 1.165) is 0 Å². The molecule has 2 N–H and O–H groups in total. The molecule has 6 heteroatoms. The van der Waals surface area contributed by atoms with Crippen molar-refractivity contribution in [3.63, 3.8) is 0 Å². The van der Waals surface area contributed by atoms with Crippen LogP contribution in [0.25, 0.3) is 0 Å². The van der Waals surface area contributed by atoms with Gasteiger partial charge in [0.15, 0.2) is 0 Å². The molecule has 0 amide bonds. The number of rotatable bonds is 0. The van der Waals surface area contributed by atoms with E-state index in [1.54, 1.807) is 0 Å². The van der Waals surface area contributed by atoms with Crippen LogP contribution >= 0.6 is 8.25 Å². The lowest BCUT2D eigenvalue weighted by molar-refractivity contribution is 0.295. The van der Waals surface area contributed by atoms with Gasteiger partial charge in [-0.2, -0.15) is 0 Å². The van der Waals surface area contributed by atoms with Gasteiger partial charge in [-0.25, -0.2) is 8.78 Å². The molecule has 0 aliphatic rings. The molecule has 0 fully saturated rings. The van der Waals surface area contributed by atoms with Crippen LogP contribution in [0.3, 0.4) is 0 Å². The maximum atomic E-state index is 9.62. The van der Waals surface area contributed by atoms with E-state index in [4.69, 9.17) is 14.4 Å². The van der Waals surface area contributed by atoms with Crippen molar-refractivity contribution in [3.8, 4) is 0 Å². The van der Waals surface area contributed by atoms with E-state index < -0.39 is 15.2 Å². The highest BCUT2D eigenvalue weighted by atomic mass is 31.1.